The maximum atomic E-state index is 5.40. The van der Waals surface area contributed by atoms with E-state index in [9.17, 15) is 0 Å². The second kappa shape index (κ2) is 6.27. The third-order valence-electron chi connectivity index (χ3n) is 1.87. The van der Waals surface area contributed by atoms with Crippen LogP contribution in [0.1, 0.15) is 12.5 Å². The largest absolute Gasteiger partial charge is 0.325 e. The van der Waals surface area contributed by atoms with Crippen LogP contribution in [0.4, 0.5) is 0 Å². The standard InChI is InChI=1S/C11H15N3S/c1-9(8-12)13-14-11(15)7-10-5-3-2-4-6-10/h2-6H,7-8,12H2,1H3,(H,14,15)/b13-9+. The van der Waals surface area contributed by atoms with Gasteiger partial charge in [0, 0.05) is 18.7 Å². The first kappa shape index (κ1) is 11.8. The molecule has 3 N–H and O–H groups in total. The molecule has 0 aliphatic carbocycles. The molecule has 1 rings (SSSR count). The summed E-state index contributed by atoms with van der Waals surface area (Å²) in [6, 6.07) is 10.0. The van der Waals surface area contributed by atoms with E-state index in [2.05, 4.69) is 10.5 Å². The number of nitrogens with two attached hydrogens (primary N) is 1. The molecule has 15 heavy (non-hydrogen) atoms. The number of nitrogens with zero attached hydrogens (tertiary/aromatic N) is 1. The highest BCUT2D eigenvalue weighted by atomic mass is 32.1. The molecule has 0 aliphatic rings. The molecule has 0 heterocycles. The van der Waals surface area contributed by atoms with Crippen LogP contribution in [0.3, 0.4) is 0 Å². The van der Waals surface area contributed by atoms with Gasteiger partial charge in [-0.1, -0.05) is 42.5 Å². The van der Waals surface area contributed by atoms with Gasteiger partial charge in [-0.05, 0) is 12.5 Å². The highest BCUT2D eigenvalue weighted by Crippen LogP contribution is 1.99. The van der Waals surface area contributed by atoms with Gasteiger partial charge in [0.05, 0.1) is 0 Å². The van der Waals surface area contributed by atoms with E-state index in [4.69, 9.17) is 18.0 Å². The highest BCUT2D eigenvalue weighted by Gasteiger charge is 1.97. The van der Waals surface area contributed by atoms with Crippen LogP contribution in [-0.2, 0) is 6.42 Å². The van der Waals surface area contributed by atoms with Crippen LogP contribution in [0.15, 0.2) is 35.4 Å². The zero-order chi connectivity index (χ0) is 11.1. The predicted molar refractivity (Wildman–Crippen MR) is 68.0 cm³/mol. The Morgan fingerprint density at radius 3 is 2.67 bits per heavy atom. The van der Waals surface area contributed by atoms with Crippen molar-refractivity contribution in [1.29, 1.82) is 0 Å². The van der Waals surface area contributed by atoms with Gasteiger partial charge >= 0.3 is 0 Å². The zero-order valence-corrected chi connectivity index (χ0v) is 9.55. The Labute approximate surface area is 95.4 Å². The predicted octanol–water partition coefficient (Wildman–Crippen LogP) is 1.48. The number of thiocarbonyl (C=S) groups is 1. The van der Waals surface area contributed by atoms with Crippen molar-refractivity contribution >= 4 is 22.9 Å². The Balaban J connectivity index is 2.44. The fourth-order valence-corrected chi connectivity index (χ4v) is 1.24. The van der Waals surface area contributed by atoms with Gasteiger partial charge < -0.3 is 5.73 Å². The number of nitrogens with one attached hydrogen (secondary N) is 1. The van der Waals surface area contributed by atoms with Crippen LogP contribution < -0.4 is 11.2 Å². The quantitative estimate of drug-likeness (QED) is 0.460. The van der Waals surface area contributed by atoms with Crippen molar-refractivity contribution < 1.29 is 0 Å². The van der Waals surface area contributed by atoms with E-state index in [1.165, 1.54) is 5.56 Å². The monoisotopic (exact) mass is 221 g/mol. The molecular weight excluding hydrogens is 206 g/mol. The minimum atomic E-state index is 0.445. The number of hydrogen-bond donors (Lipinski definition) is 2. The van der Waals surface area contributed by atoms with Crippen LogP contribution in [0.25, 0.3) is 0 Å². The van der Waals surface area contributed by atoms with E-state index in [1.807, 2.05) is 37.3 Å². The summed E-state index contributed by atoms with van der Waals surface area (Å²) in [5, 5.41) is 4.04. The Kier molecular flexibility index (Phi) is 4.93. The topological polar surface area (TPSA) is 50.4 Å². The first-order chi connectivity index (χ1) is 7.22. The molecule has 4 heteroatoms. The van der Waals surface area contributed by atoms with Crippen molar-refractivity contribution in [3.05, 3.63) is 35.9 Å². The number of hydrogen-bond acceptors (Lipinski definition) is 3. The molecule has 0 fully saturated rings. The summed E-state index contributed by atoms with van der Waals surface area (Å²) in [7, 11) is 0. The Hall–Kier alpha value is -1.26. The summed E-state index contributed by atoms with van der Waals surface area (Å²) in [5.74, 6) is 0. The van der Waals surface area contributed by atoms with E-state index < -0.39 is 0 Å². The highest BCUT2D eigenvalue weighted by molar-refractivity contribution is 7.80. The van der Waals surface area contributed by atoms with Gasteiger partial charge in [0.2, 0.25) is 0 Å². The molecule has 80 valence electrons. The Morgan fingerprint density at radius 2 is 2.07 bits per heavy atom. The van der Waals surface area contributed by atoms with Crippen LogP contribution in [0, 0.1) is 0 Å². The molecule has 0 radical (unpaired) electrons. The van der Waals surface area contributed by atoms with Crippen molar-refractivity contribution in [2.45, 2.75) is 13.3 Å². The van der Waals surface area contributed by atoms with Gasteiger partial charge in [0.15, 0.2) is 0 Å². The molecule has 0 aliphatic heterocycles. The molecule has 1 aromatic rings. The third-order valence-corrected chi connectivity index (χ3v) is 2.11. The normalized spacial score (nSPS) is 11.2. The van der Waals surface area contributed by atoms with E-state index in [0.717, 1.165) is 5.71 Å². The average Bonchev–Trinajstić information content (AvgIpc) is 2.27. The Morgan fingerprint density at radius 1 is 1.40 bits per heavy atom. The van der Waals surface area contributed by atoms with Crippen molar-refractivity contribution in [2.24, 2.45) is 10.8 Å². The van der Waals surface area contributed by atoms with Crippen LogP contribution in [0.5, 0.6) is 0 Å². The maximum Gasteiger partial charge on any atom is 0.100 e. The minimum absolute atomic E-state index is 0.445. The van der Waals surface area contributed by atoms with E-state index in [-0.39, 0.29) is 0 Å². The summed E-state index contributed by atoms with van der Waals surface area (Å²) in [6.45, 7) is 2.30. The van der Waals surface area contributed by atoms with E-state index >= 15 is 0 Å². The molecule has 0 saturated heterocycles. The lowest BCUT2D eigenvalue weighted by Crippen LogP contribution is -2.21. The molecular formula is C11H15N3S. The summed E-state index contributed by atoms with van der Waals surface area (Å²) < 4.78 is 0. The fraction of sp³-hybridized carbons (Fsp3) is 0.273. The minimum Gasteiger partial charge on any atom is -0.325 e. The van der Waals surface area contributed by atoms with Crippen molar-refractivity contribution in [3.63, 3.8) is 0 Å². The van der Waals surface area contributed by atoms with Gasteiger partial charge in [0.25, 0.3) is 0 Å². The Bertz CT molecular complexity index is 346. The van der Waals surface area contributed by atoms with Crippen molar-refractivity contribution in [3.8, 4) is 0 Å². The molecule has 0 aromatic heterocycles. The SMILES string of the molecule is C/C(CN)=N\NC(=S)Cc1ccccc1. The third kappa shape index (κ3) is 4.67. The summed E-state index contributed by atoms with van der Waals surface area (Å²) >= 11 is 5.14. The van der Waals surface area contributed by atoms with Crippen molar-refractivity contribution in [2.75, 3.05) is 6.54 Å². The summed E-state index contributed by atoms with van der Waals surface area (Å²) in [5.41, 5.74) is 10.2. The van der Waals surface area contributed by atoms with Crippen LogP contribution in [-0.4, -0.2) is 17.2 Å². The molecule has 0 unspecified atom stereocenters. The molecule has 0 spiro atoms. The van der Waals surface area contributed by atoms with Gasteiger partial charge in [0.1, 0.15) is 4.99 Å². The van der Waals surface area contributed by atoms with E-state index in [1.54, 1.807) is 0 Å². The molecule has 0 atom stereocenters. The summed E-state index contributed by atoms with van der Waals surface area (Å²) in [6.07, 6.45) is 0.706. The van der Waals surface area contributed by atoms with Crippen LogP contribution in [0.2, 0.25) is 0 Å². The first-order valence-corrected chi connectivity index (χ1v) is 5.19. The number of benzene rings is 1. The van der Waals surface area contributed by atoms with Crippen LogP contribution >= 0.6 is 12.2 Å². The second-order valence-corrected chi connectivity index (χ2v) is 3.74. The first-order valence-electron chi connectivity index (χ1n) is 4.78. The summed E-state index contributed by atoms with van der Waals surface area (Å²) in [4.78, 5) is 0.703. The lowest BCUT2D eigenvalue weighted by Gasteiger charge is -2.03. The molecule has 0 amide bonds. The van der Waals surface area contributed by atoms with Crippen molar-refractivity contribution in [1.82, 2.24) is 5.43 Å². The van der Waals surface area contributed by atoms with E-state index in [0.29, 0.717) is 18.0 Å². The molecule has 3 nitrogen and oxygen atoms in total. The van der Waals surface area contributed by atoms with Gasteiger partial charge in [-0.15, -0.1) is 0 Å². The smallest absolute Gasteiger partial charge is 0.100 e. The second-order valence-electron chi connectivity index (χ2n) is 3.25. The molecule has 0 saturated carbocycles. The van der Waals surface area contributed by atoms with Gasteiger partial charge in [-0.3, -0.25) is 5.43 Å². The fourth-order valence-electron chi connectivity index (χ4n) is 1.02. The zero-order valence-electron chi connectivity index (χ0n) is 8.73. The maximum absolute atomic E-state index is 5.40. The lowest BCUT2D eigenvalue weighted by molar-refractivity contribution is 1.00. The number of rotatable bonds is 4. The van der Waals surface area contributed by atoms with Gasteiger partial charge in [-0.2, -0.15) is 5.10 Å². The average molecular weight is 221 g/mol. The lowest BCUT2D eigenvalue weighted by atomic mass is 10.2. The molecule has 1 aromatic carbocycles. The van der Waals surface area contributed by atoms with Gasteiger partial charge in [-0.25, -0.2) is 0 Å². The number of hydrazone groups is 1. The molecule has 0 bridgehead atoms.